The maximum atomic E-state index is 10.5. The lowest BCUT2D eigenvalue weighted by Crippen LogP contribution is -2.34. The molecule has 0 spiro atoms. The van der Waals surface area contributed by atoms with E-state index in [2.05, 4.69) is 28.7 Å². The summed E-state index contributed by atoms with van der Waals surface area (Å²) in [5, 5.41) is 12.9. The van der Waals surface area contributed by atoms with Crippen LogP contribution in [0.3, 0.4) is 0 Å². The first-order chi connectivity index (χ1) is 7.63. The van der Waals surface area contributed by atoms with Crippen molar-refractivity contribution in [1.82, 2.24) is 4.90 Å². The van der Waals surface area contributed by atoms with E-state index in [1.165, 1.54) is 5.56 Å². The molecule has 1 N–H and O–H groups in total. The topological polar surface area (TPSA) is 40.5 Å². The molecule has 4 heteroatoms. The highest BCUT2D eigenvalue weighted by atomic mass is 32.1. The molecule has 1 rings (SSSR count). The van der Waals surface area contributed by atoms with E-state index in [-0.39, 0.29) is 6.42 Å². The molecule has 0 saturated heterocycles. The largest absolute Gasteiger partial charge is 0.481 e. The summed E-state index contributed by atoms with van der Waals surface area (Å²) in [4.78, 5) is 12.7. The summed E-state index contributed by atoms with van der Waals surface area (Å²) in [6.07, 6.45) is 2.28. The van der Waals surface area contributed by atoms with Crippen LogP contribution in [0.2, 0.25) is 0 Å². The first kappa shape index (κ1) is 13.2. The quantitative estimate of drug-likeness (QED) is 0.797. The third-order valence-corrected chi connectivity index (χ3v) is 3.56. The summed E-state index contributed by atoms with van der Waals surface area (Å²) in [5.41, 5.74) is 1.35. The second-order valence-corrected chi connectivity index (χ2v) is 4.80. The van der Waals surface area contributed by atoms with Gasteiger partial charge in [0.15, 0.2) is 0 Å². The second-order valence-electron chi connectivity index (χ2n) is 4.02. The van der Waals surface area contributed by atoms with Gasteiger partial charge in [0.25, 0.3) is 0 Å². The highest BCUT2D eigenvalue weighted by molar-refractivity contribution is 7.07. The van der Waals surface area contributed by atoms with Gasteiger partial charge < -0.3 is 10.0 Å². The average Bonchev–Trinajstić information content (AvgIpc) is 2.75. The Labute approximate surface area is 101 Å². The van der Waals surface area contributed by atoms with Crippen LogP contribution in [-0.4, -0.2) is 35.6 Å². The van der Waals surface area contributed by atoms with Crippen LogP contribution in [0.5, 0.6) is 0 Å². The molecule has 3 nitrogen and oxygen atoms in total. The monoisotopic (exact) mass is 241 g/mol. The van der Waals surface area contributed by atoms with Crippen molar-refractivity contribution in [3.8, 4) is 0 Å². The van der Waals surface area contributed by atoms with E-state index < -0.39 is 5.97 Å². The summed E-state index contributed by atoms with van der Waals surface area (Å²) in [7, 11) is 2.00. The Kier molecular flexibility index (Phi) is 5.49. The summed E-state index contributed by atoms with van der Waals surface area (Å²) in [6.45, 7) is 2.77. The van der Waals surface area contributed by atoms with E-state index in [9.17, 15) is 4.79 Å². The summed E-state index contributed by atoms with van der Waals surface area (Å²) in [5.74, 6) is -0.725. The molecule has 1 atom stereocenters. The zero-order chi connectivity index (χ0) is 12.0. The van der Waals surface area contributed by atoms with Gasteiger partial charge in [0.2, 0.25) is 0 Å². The molecule has 1 aromatic rings. The summed E-state index contributed by atoms with van der Waals surface area (Å²) >= 11 is 1.71. The van der Waals surface area contributed by atoms with Crippen LogP contribution in [0.15, 0.2) is 16.8 Å². The molecule has 0 radical (unpaired) electrons. The molecule has 0 aliphatic carbocycles. The molecule has 90 valence electrons. The van der Waals surface area contributed by atoms with Crippen molar-refractivity contribution < 1.29 is 9.90 Å². The van der Waals surface area contributed by atoms with E-state index in [0.29, 0.717) is 12.6 Å². The van der Waals surface area contributed by atoms with Gasteiger partial charge >= 0.3 is 5.97 Å². The van der Waals surface area contributed by atoms with Gasteiger partial charge in [-0.1, -0.05) is 6.92 Å². The van der Waals surface area contributed by atoms with E-state index in [4.69, 9.17) is 5.11 Å². The van der Waals surface area contributed by atoms with Crippen LogP contribution < -0.4 is 0 Å². The normalized spacial score (nSPS) is 12.9. The van der Waals surface area contributed by atoms with Gasteiger partial charge in [-0.2, -0.15) is 11.3 Å². The molecule has 1 aromatic heterocycles. The third kappa shape index (κ3) is 4.33. The minimum Gasteiger partial charge on any atom is -0.481 e. The van der Waals surface area contributed by atoms with Gasteiger partial charge in [0, 0.05) is 12.6 Å². The Bertz CT molecular complexity index is 311. The van der Waals surface area contributed by atoms with Crippen molar-refractivity contribution in [2.45, 2.75) is 32.2 Å². The van der Waals surface area contributed by atoms with Crippen molar-refractivity contribution in [1.29, 1.82) is 0 Å². The van der Waals surface area contributed by atoms with E-state index >= 15 is 0 Å². The molecule has 0 aliphatic heterocycles. The molecule has 0 bridgehead atoms. The fourth-order valence-corrected chi connectivity index (χ4v) is 2.43. The van der Waals surface area contributed by atoms with Crippen molar-refractivity contribution in [2.75, 3.05) is 13.6 Å². The Morgan fingerprint density at radius 1 is 1.62 bits per heavy atom. The van der Waals surface area contributed by atoms with Gasteiger partial charge in [0.1, 0.15) is 0 Å². The Hall–Kier alpha value is -0.870. The van der Waals surface area contributed by atoms with Crippen LogP contribution in [0.4, 0.5) is 0 Å². The fourth-order valence-electron chi connectivity index (χ4n) is 1.75. The first-order valence-electron chi connectivity index (χ1n) is 5.56. The maximum Gasteiger partial charge on any atom is 0.304 e. The van der Waals surface area contributed by atoms with Gasteiger partial charge in [-0.25, -0.2) is 0 Å². The number of carboxylic acid groups (broad SMARTS) is 1. The molecular weight excluding hydrogens is 222 g/mol. The number of carboxylic acids is 1. The Morgan fingerprint density at radius 2 is 2.38 bits per heavy atom. The molecule has 0 fully saturated rings. The molecule has 1 heterocycles. The van der Waals surface area contributed by atoms with Gasteiger partial charge in [-0.05, 0) is 42.3 Å². The second kappa shape index (κ2) is 6.66. The standard InChI is InChI=1S/C12H19NO2S/c1-3-11(8-10-5-7-16-9-10)13(2)6-4-12(14)15/h5,7,9,11H,3-4,6,8H2,1-2H3,(H,14,15). The number of thiophene rings is 1. The number of rotatable bonds is 7. The number of hydrogen-bond donors (Lipinski definition) is 1. The number of likely N-dealkylation sites (N-methyl/N-ethyl adjacent to an activating group) is 1. The van der Waals surface area contributed by atoms with Gasteiger partial charge in [0.05, 0.1) is 6.42 Å². The number of nitrogens with zero attached hydrogens (tertiary/aromatic N) is 1. The lowest BCUT2D eigenvalue weighted by Gasteiger charge is -2.26. The maximum absolute atomic E-state index is 10.5. The molecule has 1 unspecified atom stereocenters. The van der Waals surface area contributed by atoms with Crippen LogP contribution >= 0.6 is 11.3 Å². The van der Waals surface area contributed by atoms with E-state index in [0.717, 1.165) is 12.8 Å². The van der Waals surface area contributed by atoms with Crippen LogP contribution in [0, 0.1) is 0 Å². The van der Waals surface area contributed by atoms with Gasteiger partial charge in [-0.15, -0.1) is 0 Å². The van der Waals surface area contributed by atoms with Crippen LogP contribution in [0.25, 0.3) is 0 Å². The molecule has 0 aromatic carbocycles. The van der Waals surface area contributed by atoms with Crippen LogP contribution in [0.1, 0.15) is 25.3 Å². The Morgan fingerprint density at radius 3 is 2.88 bits per heavy atom. The molecule has 0 amide bonds. The average molecular weight is 241 g/mol. The third-order valence-electron chi connectivity index (χ3n) is 2.82. The lowest BCUT2D eigenvalue weighted by molar-refractivity contribution is -0.137. The summed E-state index contributed by atoms with van der Waals surface area (Å²) in [6, 6.07) is 2.58. The lowest BCUT2D eigenvalue weighted by atomic mass is 10.1. The Balaban J connectivity index is 2.43. The fraction of sp³-hybridized carbons (Fsp3) is 0.583. The zero-order valence-corrected chi connectivity index (χ0v) is 10.7. The highest BCUT2D eigenvalue weighted by Crippen LogP contribution is 2.13. The van der Waals surface area contributed by atoms with E-state index in [1.807, 2.05) is 7.05 Å². The highest BCUT2D eigenvalue weighted by Gasteiger charge is 2.14. The first-order valence-corrected chi connectivity index (χ1v) is 6.50. The van der Waals surface area contributed by atoms with Crippen molar-refractivity contribution in [3.05, 3.63) is 22.4 Å². The zero-order valence-electron chi connectivity index (χ0n) is 9.85. The molecular formula is C12H19NO2S. The minimum atomic E-state index is -0.725. The van der Waals surface area contributed by atoms with Crippen molar-refractivity contribution in [3.63, 3.8) is 0 Å². The smallest absolute Gasteiger partial charge is 0.304 e. The van der Waals surface area contributed by atoms with Crippen LogP contribution in [-0.2, 0) is 11.2 Å². The van der Waals surface area contributed by atoms with E-state index in [1.54, 1.807) is 11.3 Å². The number of carbonyl (C=O) groups is 1. The number of aliphatic carboxylic acids is 1. The SMILES string of the molecule is CCC(Cc1ccsc1)N(C)CCC(=O)O. The van der Waals surface area contributed by atoms with Crippen molar-refractivity contribution >= 4 is 17.3 Å². The number of hydrogen-bond acceptors (Lipinski definition) is 3. The predicted molar refractivity (Wildman–Crippen MR) is 67.0 cm³/mol. The molecule has 0 saturated carbocycles. The summed E-state index contributed by atoms with van der Waals surface area (Å²) < 4.78 is 0. The van der Waals surface area contributed by atoms with Crippen molar-refractivity contribution in [2.24, 2.45) is 0 Å². The molecule has 16 heavy (non-hydrogen) atoms. The predicted octanol–water partition coefficient (Wildman–Crippen LogP) is 2.48. The molecule has 0 aliphatic rings. The van der Waals surface area contributed by atoms with Gasteiger partial charge in [-0.3, -0.25) is 4.79 Å². The minimum absolute atomic E-state index is 0.219.